The van der Waals surface area contributed by atoms with E-state index in [1.807, 2.05) is 13.0 Å². The molecule has 4 heteroatoms. The molecule has 0 saturated carbocycles. The standard InChI is InChI=1S/C15H23BrN2O/c1-12(17)10-13-4-5-15(14(16)11-13)19-9-8-18-6-2-3-7-18/h4-5,11-12H,2-3,6-10,17H2,1H3. The molecule has 0 bridgehead atoms. The van der Waals surface area contributed by atoms with Crippen molar-refractivity contribution < 1.29 is 4.74 Å². The van der Waals surface area contributed by atoms with Crippen LogP contribution in [0.25, 0.3) is 0 Å². The molecule has 1 aromatic carbocycles. The Morgan fingerprint density at radius 1 is 1.37 bits per heavy atom. The molecule has 0 spiro atoms. The first-order valence-electron chi connectivity index (χ1n) is 7.04. The SMILES string of the molecule is CC(N)Cc1ccc(OCCN2CCCC2)c(Br)c1. The fraction of sp³-hybridized carbons (Fsp3) is 0.600. The summed E-state index contributed by atoms with van der Waals surface area (Å²) in [6.45, 7) is 6.24. The Morgan fingerprint density at radius 2 is 2.11 bits per heavy atom. The number of nitrogens with zero attached hydrogens (tertiary/aromatic N) is 1. The fourth-order valence-electron chi connectivity index (χ4n) is 2.45. The van der Waals surface area contributed by atoms with Crippen LogP contribution in [-0.4, -0.2) is 37.2 Å². The first-order valence-corrected chi connectivity index (χ1v) is 7.83. The molecule has 0 aromatic heterocycles. The number of halogens is 1. The zero-order valence-electron chi connectivity index (χ0n) is 11.6. The molecule has 19 heavy (non-hydrogen) atoms. The Kier molecular flexibility index (Phi) is 5.67. The highest BCUT2D eigenvalue weighted by molar-refractivity contribution is 9.10. The van der Waals surface area contributed by atoms with Crippen molar-refractivity contribution in [3.05, 3.63) is 28.2 Å². The van der Waals surface area contributed by atoms with E-state index in [9.17, 15) is 0 Å². The summed E-state index contributed by atoms with van der Waals surface area (Å²) in [7, 11) is 0. The van der Waals surface area contributed by atoms with Gasteiger partial charge in [-0.05, 0) is 72.9 Å². The van der Waals surface area contributed by atoms with Crippen LogP contribution in [0.5, 0.6) is 5.75 Å². The van der Waals surface area contributed by atoms with Gasteiger partial charge in [0.05, 0.1) is 4.47 Å². The molecule has 2 rings (SSSR count). The van der Waals surface area contributed by atoms with Crippen molar-refractivity contribution in [1.82, 2.24) is 4.90 Å². The zero-order chi connectivity index (χ0) is 13.7. The van der Waals surface area contributed by atoms with Crippen molar-refractivity contribution in [2.45, 2.75) is 32.2 Å². The van der Waals surface area contributed by atoms with Crippen LogP contribution in [-0.2, 0) is 6.42 Å². The van der Waals surface area contributed by atoms with Crippen molar-refractivity contribution in [2.75, 3.05) is 26.2 Å². The molecule has 2 N–H and O–H groups in total. The molecule has 0 aliphatic carbocycles. The Labute approximate surface area is 124 Å². The number of benzene rings is 1. The maximum atomic E-state index is 5.84. The van der Waals surface area contributed by atoms with Gasteiger partial charge < -0.3 is 10.5 Å². The molecular formula is C15H23BrN2O. The average molecular weight is 327 g/mol. The summed E-state index contributed by atoms with van der Waals surface area (Å²) in [5.74, 6) is 0.924. The van der Waals surface area contributed by atoms with Gasteiger partial charge in [-0.2, -0.15) is 0 Å². The Balaban J connectivity index is 1.82. The monoisotopic (exact) mass is 326 g/mol. The van der Waals surface area contributed by atoms with Gasteiger partial charge in [-0.1, -0.05) is 6.07 Å². The van der Waals surface area contributed by atoms with Gasteiger partial charge in [0.1, 0.15) is 12.4 Å². The highest BCUT2D eigenvalue weighted by Crippen LogP contribution is 2.26. The molecule has 0 amide bonds. The molecule has 1 saturated heterocycles. The van der Waals surface area contributed by atoms with E-state index in [2.05, 4.69) is 33.0 Å². The second kappa shape index (κ2) is 7.27. The number of hydrogen-bond acceptors (Lipinski definition) is 3. The molecule has 3 nitrogen and oxygen atoms in total. The van der Waals surface area contributed by atoms with Gasteiger partial charge in [0.15, 0.2) is 0 Å². The lowest BCUT2D eigenvalue weighted by Gasteiger charge is -2.16. The molecule has 1 aromatic rings. The third-order valence-electron chi connectivity index (χ3n) is 3.42. The first kappa shape index (κ1) is 14.8. The van der Waals surface area contributed by atoms with Gasteiger partial charge >= 0.3 is 0 Å². The van der Waals surface area contributed by atoms with Gasteiger partial charge in [0.2, 0.25) is 0 Å². The molecule has 1 unspecified atom stereocenters. The largest absolute Gasteiger partial charge is 0.491 e. The van der Waals surface area contributed by atoms with Gasteiger partial charge in [-0.15, -0.1) is 0 Å². The highest BCUT2D eigenvalue weighted by atomic mass is 79.9. The van der Waals surface area contributed by atoms with Crippen molar-refractivity contribution in [1.29, 1.82) is 0 Å². The number of rotatable bonds is 6. The Bertz CT molecular complexity index is 403. The number of hydrogen-bond donors (Lipinski definition) is 1. The van der Waals surface area contributed by atoms with E-state index in [1.54, 1.807) is 0 Å². The Morgan fingerprint density at radius 3 is 2.74 bits per heavy atom. The van der Waals surface area contributed by atoms with E-state index in [0.717, 1.165) is 29.8 Å². The van der Waals surface area contributed by atoms with Crippen LogP contribution in [0.1, 0.15) is 25.3 Å². The molecule has 106 valence electrons. The normalized spacial score (nSPS) is 17.6. The molecule has 1 fully saturated rings. The van der Waals surface area contributed by atoms with Crippen LogP contribution < -0.4 is 10.5 Å². The Hall–Kier alpha value is -0.580. The third kappa shape index (κ3) is 4.79. The van der Waals surface area contributed by atoms with Crippen LogP contribution >= 0.6 is 15.9 Å². The van der Waals surface area contributed by atoms with Crippen LogP contribution in [0.3, 0.4) is 0 Å². The maximum absolute atomic E-state index is 5.84. The summed E-state index contributed by atoms with van der Waals surface area (Å²) < 4.78 is 6.86. The second-order valence-corrected chi connectivity index (χ2v) is 6.20. The van der Waals surface area contributed by atoms with Crippen molar-refractivity contribution >= 4 is 15.9 Å². The van der Waals surface area contributed by atoms with Gasteiger partial charge in [0.25, 0.3) is 0 Å². The molecule has 1 heterocycles. The van der Waals surface area contributed by atoms with Gasteiger partial charge in [-0.25, -0.2) is 0 Å². The summed E-state index contributed by atoms with van der Waals surface area (Å²) in [5, 5.41) is 0. The van der Waals surface area contributed by atoms with Crippen LogP contribution in [0, 0.1) is 0 Å². The van der Waals surface area contributed by atoms with Gasteiger partial charge in [-0.3, -0.25) is 4.90 Å². The quantitative estimate of drug-likeness (QED) is 0.873. The van der Waals surface area contributed by atoms with Crippen molar-refractivity contribution in [3.8, 4) is 5.75 Å². The predicted molar refractivity (Wildman–Crippen MR) is 82.7 cm³/mol. The minimum Gasteiger partial charge on any atom is -0.491 e. The van der Waals surface area contributed by atoms with E-state index in [1.165, 1.54) is 31.5 Å². The number of nitrogens with two attached hydrogens (primary N) is 1. The fourth-order valence-corrected chi connectivity index (χ4v) is 2.99. The van der Waals surface area contributed by atoms with Crippen LogP contribution in [0.2, 0.25) is 0 Å². The number of likely N-dealkylation sites (tertiary alicyclic amines) is 1. The molecular weight excluding hydrogens is 304 g/mol. The third-order valence-corrected chi connectivity index (χ3v) is 4.04. The molecule has 1 aliphatic heterocycles. The zero-order valence-corrected chi connectivity index (χ0v) is 13.2. The van der Waals surface area contributed by atoms with E-state index in [0.29, 0.717) is 0 Å². The summed E-state index contributed by atoms with van der Waals surface area (Å²) in [5.41, 5.74) is 7.05. The minimum atomic E-state index is 0.189. The molecule has 0 radical (unpaired) electrons. The van der Waals surface area contributed by atoms with E-state index in [-0.39, 0.29) is 6.04 Å². The average Bonchev–Trinajstić information content (AvgIpc) is 2.84. The lowest BCUT2D eigenvalue weighted by Crippen LogP contribution is -2.25. The maximum Gasteiger partial charge on any atom is 0.133 e. The van der Waals surface area contributed by atoms with Crippen LogP contribution in [0.4, 0.5) is 0 Å². The minimum absolute atomic E-state index is 0.189. The first-order chi connectivity index (χ1) is 9.15. The lowest BCUT2D eigenvalue weighted by atomic mass is 10.1. The lowest BCUT2D eigenvalue weighted by molar-refractivity contribution is 0.237. The van der Waals surface area contributed by atoms with Crippen molar-refractivity contribution in [2.24, 2.45) is 5.73 Å². The number of ether oxygens (including phenoxy) is 1. The van der Waals surface area contributed by atoms with Crippen molar-refractivity contribution in [3.63, 3.8) is 0 Å². The summed E-state index contributed by atoms with van der Waals surface area (Å²) in [4.78, 5) is 2.46. The highest BCUT2D eigenvalue weighted by Gasteiger charge is 2.11. The smallest absolute Gasteiger partial charge is 0.133 e. The molecule has 1 aliphatic rings. The van der Waals surface area contributed by atoms with E-state index >= 15 is 0 Å². The summed E-state index contributed by atoms with van der Waals surface area (Å²) >= 11 is 3.57. The predicted octanol–water partition coefficient (Wildman–Crippen LogP) is 2.81. The topological polar surface area (TPSA) is 38.5 Å². The summed E-state index contributed by atoms with van der Waals surface area (Å²) in [6.07, 6.45) is 3.55. The molecule has 1 atom stereocenters. The summed E-state index contributed by atoms with van der Waals surface area (Å²) in [6, 6.07) is 6.42. The van der Waals surface area contributed by atoms with Crippen LogP contribution in [0.15, 0.2) is 22.7 Å². The second-order valence-electron chi connectivity index (χ2n) is 5.34. The van der Waals surface area contributed by atoms with E-state index < -0.39 is 0 Å². The van der Waals surface area contributed by atoms with E-state index in [4.69, 9.17) is 10.5 Å². The van der Waals surface area contributed by atoms with Gasteiger partial charge in [0, 0.05) is 12.6 Å².